The fourth-order valence-corrected chi connectivity index (χ4v) is 8.50. The van der Waals surface area contributed by atoms with Gasteiger partial charge in [-0.2, -0.15) is 0 Å². The summed E-state index contributed by atoms with van der Waals surface area (Å²) in [5.41, 5.74) is 15.4. The molecule has 0 amide bonds. The molecule has 0 N–H and O–H groups in total. The first kappa shape index (κ1) is 28.2. The third kappa shape index (κ3) is 5.57. The van der Waals surface area contributed by atoms with Crippen molar-refractivity contribution in [3.05, 3.63) is 156 Å². The van der Waals surface area contributed by atoms with E-state index in [1.807, 2.05) is 21.6 Å². The van der Waals surface area contributed by atoms with Gasteiger partial charge in [0.2, 0.25) is 0 Å². The second kappa shape index (κ2) is 12.5. The third-order valence-electron chi connectivity index (χ3n) is 7.98. The zero-order chi connectivity index (χ0) is 29.1. The van der Waals surface area contributed by atoms with E-state index in [2.05, 4.69) is 161 Å². The lowest BCUT2D eigenvalue weighted by atomic mass is 9.94. The molecule has 0 aromatic heterocycles. The Bertz CT molecular complexity index is 1620. The molecule has 6 aromatic rings. The second-order valence-corrected chi connectivity index (χ2v) is 12.9. The van der Waals surface area contributed by atoms with Crippen LogP contribution in [0, 0.1) is 27.7 Å². The van der Waals surface area contributed by atoms with Gasteiger partial charge in [-0.1, -0.05) is 155 Å². The van der Waals surface area contributed by atoms with Gasteiger partial charge in [0.05, 0.1) is 0 Å². The van der Waals surface area contributed by atoms with Crippen molar-refractivity contribution < 1.29 is 0 Å². The molecule has 6 rings (SSSR count). The fraction of sp³-hybridized carbons (Fsp3) is 0.100. The molecule has 0 aliphatic rings. The molecule has 0 fully saturated rings. The zero-order valence-electron chi connectivity index (χ0n) is 24.5. The molecular weight excluding hydrogens is 545 g/mol. The smallest absolute Gasteiger partial charge is 0.0343 e. The highest BCUT2D eigenvalue weighted by molar-refractivity contribution is 8.76. The van der Waals surface area contributed by atoms with Crippen molar-refractivity contribution in [1.82, 2.24) is 0 Å². The maximum atomic E-state index is 2.28. The molecule has 2 heteroatoms. The normalized spacial score (nSPS) is 11.0. The summed E-state index contributed by atoms with van der Waals surface area (Å²) in [6.07, 6.45) is 0. The maximum Gasteiger partial charge on any atom is 0.0343 e. The molecule has 0 nitrogen and oxygen atoms in total. The molecule has 0 spiro atoms. The van der Waals surface area contributed by atoms with Crippen LogP contribution in [-0.4, -0.2) is 0 Å². The van der Waals surface area contributed by atoms with Gasteiger partial charge in [-0.3, -0.25) is 0 Å². The van der Waals surface area contributed by atoms with Gasteiger partial charge in [0.25, 0.3) is 0 Å². The van der Waals surface area contributed by atoms with E-state index in [-0.39, 0.29) is 0 Å². The summed E-state index contributed by atoms with van der Waals surface area (Å²) in [4.78, 5) is 2.59. The van der Waals surface area contributed by atoms with E-state index in [1.165, 1.54) is 76.6 Å². The van der Waals surface area contributed by atoms with E-state index in [0.717, 1.165) is 0 Å². The van der Waals surface area contributed by atoms with Gasteiger partial charge in [0.1, 0.15) is 0 Å². The van der Waals surface area contributed by atoms with Gasteiger partial charge in [-0.15, -0.1) is 0 Å². The summed E-state index contributed by atoms with van der Waals surface area (Å²) in [6.45, 7) is 8.84. The van der Waals surface area contributed by atoms with Crippen molar-refractivity contribution >= 4 is 21.6 Å². The van der Waals surface area contributed by atoms with Crippen molar-refractivity contribution in [2.45, 2.75) is 37.5 Å². The number of hydrogen-bond acceptors (Lipinski definition) is 2. The van der Waals surface area contributed by atoms with Gasteiger partial charge in [-0.25, -0.2) is 0 Å². The predicted molar refractivity (Wildman–Crippen MR) is 185 cm³/mol. The van der Waals surface area contributed by atoms with Crippen molar-refractivity contribution in [3.8, 4) is 44.5 Å². The van der Waals surface area contributed by atoms with Crippen LogP contribution >= 0.6 is 21.6 Å². The molecular formula is C40H34S2. The molecule has 0 heterocycles. The van der Waals surface area contributed by atoms with Crippen LogP contribution in [0.25, 0.3) is 44.5 Å². The minimum atomic E-state index is 1.28. The molecule has 6 aromatic carbocycles. The number of benzene rings is 6. The van der Waals surface area contributed by atoms with E-state index in [1.54, 1.807) is 0 Å². The van der Waals surface area contributed by atoms with Crippen LogP contribution in [0.1, 0.15) is 22.3 Å². The lowest BCUT2D eigenvalue weighted by Gasteiger charge is -2.20. The molecule has 42 heavy (non-hydrogen) atoms. The van der Waals surface area contributed by atoms with Crippen LogP contribution in [0.15, 0.2) is 143 Å². The summed E-state index contributed by atoms with van der Waals surface area (Å²) >= 11 is 0. The first-order valence-electron chi connectivity index (χ1n) is 14.4. The molecule has 206 valence electrons. The van der Waals surface area contributed by atoms with Crippen molar-refractivity contribution in [2.24, 2.45) is 0 Å². The zero-order valence-corrected chi connectivity index (χ0v) is 26.2. The summed E-state index contributed by atoms with van der Waals surface area (Å²) in [5.74, 6) is 0. The highest BCUT2D eigenvalue weighted by atomic mass is 33.1. The molecule has 0 aliphatic carbocycles. The average Bonchev–Trinajstić information content (AvgIpc) is 3.01. The molecule has 0 aliphatic heterocycles. The van der Waals surface area contributed by atoms with E-state index in [9.17, 15) is 0 Å². The summed E-state index contributed by atoms with van der Waals surface area (Å²) in [6, 6.07) is 48.5. The first-order chi connectivity index (χ1) is 20.5. The Balaban J connectivity index is 1.56. The minimum absolute atomic E-state index is 1.28. The van der Waals surface area contributed by atoms with Crippen LogP contribution < -0.4 is 0 Å². The topological polar surface area (TPSA) is 0 Å². The van der Waals surface area contributed by atoms with Crippen molar-refractivity contribution in [1.29, 1.82) is 0 Å². The Hall–Kier alpha value is -3.98. The van der Waals surface area contributed by atoms with E-state index >= 15 is 0 Å². The molecule has 0 atom stereocenters. The lowest BCUT2D eigenvalue weighted by molar-refractivity contribution is 1.37. The van der Waals surface area contributed by atoms with Gasteiger partial charge in [0.15, 0.2) is 0 Å². The van der Waals surface area contributed by atoms with Crippen LogP contribution in [0.3, 0.4) is 0 Å². The SMILES string of the molecule is Cc1ccccc1-c1cccc(-c2ccccc2C)c1SSc1c(-c2ccccc2C)cccc1-c1ccccc1C. The van der Waals surface area contributed by atoms with Crippen LogP contribution in [0.2, 0.25) is 0 Å². The summed E-state index contributed by atoms with van der Waals surface area (Å²) in [5, 5.41) is 0. The Morgan fingerprint density at radius 1 is 0.262 bits per heavy atom. The molecule has 0 saturated carbocycles. The number of aryl methyl sites for hydroxylation is 4. The number of rotatable bonds is 7. The lowest BCUT2D eigenvalue weighted by Crippen LogP contribution is -1.93. The minimum Gasteiger partial charge on any atom is -0.0620 e. The first-order valence-corrected chi connectivity index (χ1v) is 16.5. The van der Waals surface area contributed by atoms with Gasteiger partial charge in [0, 0.05) is 9.79 Å². The van der Waals surface area contributed by atoms with Crippen LogP contribution in [-0.2, 0) is 0 Å². The van der Waals surface area contributed by atoms with Crippen molar-refractivity contribution in [3.63, 3.8) is 0 Å². The Morgan fingerprint density at radius 2 is 0.476 bits per heavy atom. The van der Waals surface area contributed by atoms with Gasteiger partial charge < -0.3 is 0 Å². The Kier molecular flexibility index (Phi) is 8.37. The summed E-state index contributed by atoms with van der Waals surface area (Å²) in [7, 11) is 3.76. The highest BCUT2D eigenvalue weighted by Crippen LogP contribution is 2.52. The third-order valence-corrected chi connectivity index (χ3v) is 10.5. The molecule has 0 saturated heterocycles. The van der Waals surface area contributed by atoms with E-state index in [0.29, 0.717) is 0 Å². The highest BCUT2D eigenvalue weighted by Gasteiger charge is 2.20. The monoisotopic (exact) mass is 578 g/mol. The second-order valence-electron chi connectivity index (χ2n) is 10.8. The quantitative estimate of drug-likeness (QED) is 0.173. The van der Waals surface area contributed by atoms with Crippen LogP contribution in [0.5, 0.6) is 0 Å². The predicted octanol–water partition coefficient (Wildman–Crippen LogP) is 12.4. The molecule has 0 unspecified atom stereocenters. The van der Waals surface area contributed by atoms with E-state index < -0.39 is 0 Å². The average molecular weight is 579 g/mol. The Morgan fingerprint density at radius 3 is 0.714 bits per heavy atom. The fourth-order valence-electron chi connectivity index (χ4n) is 5.69. The van der Waals surface area contributed by atoms with Crippen LogP contribution in [0.4, 0.5) is 0 Å². The Labute approximate surface area is 258 Å². The van der Waals surface area contributed by atoms with E-state index in [4.69, 9.17) is 0 Å². The largest absolute Gasteiger partial charge is 0.0620 e. The standard InChI is InChI=1S/C40H34S2/c1-27-15-5-9-19-31(27)35-23-13-24-36(32-20-10-6-16-28(32)2)39(35)41-42-40-37(33-21-11-7-17-29(33)3)25-14-26-38(40)34-22-12-8-18-30(34)4/h5-26H,1-4H3. The van der Waals surface area contributed by atoms with Gasteiger partial charge >= 0.3 is 0 Å². The van der Waals surface area contributed by atoms with Gasteiger partial charge in [-0.05, 0) is 94.5 Å². The molecule has 0 bridgehead atoms. The van der Waals surface area contributed by atoms with Crippen molar-refractivity contribution in [2.75, 3.05) is 0 Å². The maximum absolute atomic E-state index is 2.28. The molecule has 0 radical (unpaired) electrons. The number of hydrogen-bond donors (Lipinski definition) is 0. The summed E-state index contributed by atoms with van der Waals surface area (Å²) < 4.78 is 0.